The van der Waals surface area contributed by atoms with Crippen LogP contribution in [0.1, 0.15) is 0 Å². The van der Waals surface area contributed by atoms with Gasteiger partial charge in [0.05, 0.1) is 0 Å². The molecule has 0 aliphatic rings. The second-order valence-corrected chi connectivity index (χ2v) is 2.56. The van der Waals surface area contributed by atoms with E-state index in [1.54, 1.807) is 0 Å². The van der Waals surface area contributed by atoms with Crippen molar-refractivity contribution < 1.29 is 13.5 Å². The van der Waals surface area contributed by atoms with Gasteiger partial charge in [-0.05, 0) is 24.3 Å². The van der Waals surface area contributed by atoms with Crippen LogP contribution in [-0.4, -0.2) is 5.57 Å². The first kappa shape index (κ1) is 12.3. The van der Waals surface area contributed by atoms with E-state index >= 15 is 0 Å². The molecular weight excluding hydrogens is 223 g/mol. The molecule has 13 heavy (non-hydrogen) atoms. The van der Waals surface area contributed by atoms with Crippen LogP contribution in [0.2, 0.25) is 0 Å². The number of anilines is 1. The molecule has 1 aromatic carbocycles. The maximum Gasteiger partial charge on any atom is 0.487 e. The number of nitrogens with two attached hydrogens (primary N) is 1. The van der Waals surface area contributed by atoms with E-state index in [0.717, 1.165) is 0 Å². The van der Waals surface area contributed by atoms with Gasteiger partial charge in [0.2, 0.25) is 0 Å². The molecule has 0 aromatic heterocycles. The average molecular weight is 230 g/mol. The smallest absolute Gasteiger partial charge is 0.420 e. The summed E-state index contributed by atoms with van der Waals surface area (Å²) < 4.78 is 28.1. The standard InChI is InChI=1S/C7H6ClF2NO.ClH/c8-7(9,10)12-6-3-1-5(11)2-4-6;/h1-4H,11H2;1H. The normalized spacial score (nSPS) is 10.4. The zero-order valence-corrected chi connectivity index (χ0v) is 7.91. The fourth-order valence-corrected chi connectivity index (χ4v) is 0.759. The van der Waals surface area contributed by atoms with Gasteiger partial charge < -0.3 is 10.5 Å². The molecule has 0 aliphatic carbocycles. The molecule has 1 aromatic rings. The van der Waals surface area contributed by atoms with E-state index in [1.165, 1.54) is 24.3 Å². The van der Waals surface area contributed by atoms with Crippen molar-refractivity contribution in [1.82, 2.24) is 0 Å². The molecule has 74 valence electrons. The number of ether oxygens (including phenoxy) is 1. The lowest BCUT2D eigenvalue weighted by molar-refractivity contribution is -0.0964. The molecule has 0 bridgehead atoms. The number of nitrogen functional groups attached to an aromatic ring is 1. The lowest BCUT2D eigenvalue weighted by Gasteiger charge is -2.09. The third kappa shape index (κ3) is 4.75. The second kappa shape index (κ2) is 4.48. The van der Waals surface area contributed by atoms with Crippen LogP contribution >= 0.6 is 24.0 Å². The van der Waals surface area contributed by atoms with Crippen LogP contribution in [0.25, 0.3) is 0 Å². The monoisotopic (exact) mass is 229 g/mol. The highest BCUT2D eigenvalue weighted by Crippen LogP contribution is 2.25. The molecule has 1 rings (SSSR count). The van der Waals surface area contributed by atoms with E-state index < -0.39 is 5.57 Å². The predicted octanol–water partition coefficient (Wildman–Crippen LogP) is 2.86. The van der Waals surface area contributed by atoms with Gasteiger partial charge in [-0.2, -0.15) is 0 Å². The average Bonchev–Trinajstić information content (AvgIpc) is 1.91. The third-order valence-electron chi connectivity index (χ3n) is 1.11. The van der Waals surface area contributed by atoms with Crippen molar-refractivity contribution in [2.75, 3.05) is 5.73 Å². The summed E-state index contributed by atoms with van der Waals surface area (Å²) in [5, 5.41) is 0. The van der Waals surface area contributed by atoms with Crippen LogP contribution in [0.15, 0.2) is 24.3 Å². The quantitative estimate of drug-likeness (QED) is 0.626. The molecule has 0 unspecified atom stereocenters. The summed E-state index contributed by atoms with van der Waals surface area (Å²) >= 11 is 4.52. The number of rotatable bonds is 2. The Morgan fingerprint density at radius 3 is 2.08 bits per heavy atom. The largest absolute Gasteiger partial charge is 0.487 e. The summed E-state index contributed by atoms with van der Waals surface area (Å²) in [5.41, 5.74) is 2.12. The minimum Gasteiger partial charge on any atom is -0.420 e. The van der Waals surface area contributed by atoms with Gasteiger partial charge in [-0.1, -0.05) is 0 Å². The van der Waals surface area contributed by atoms with Gasteiger partial charge in [-0.15, -0.1) is 21.2 Å². The summed E-state index contributed by atoms with van der Waals surface area (Å²) in [6.45, 7) is 0. The van der Waals surface area contributed by atoms with Gasteiger partial charge in [-0.3, -0.25) is 0 Å². The number of alkyl halides is 3. The molecule has 2 nitrogen and oxygen atoms in total. The van der Waals surface area contributed by atoms with E-state index in [1.807, 2.05) is 0 Å². The van der Waals surface area contributed by atoms with E-state index in [9.17, 15) is 8.78 Å². The first-order chi connectivity index (χ1) is 5.47. The van der Waals surface area contributed by atoms with Crippen LogP contribution in [0.3, 0.4) is 0 Å². The lowest BCUT2D eigenvalue weighted by atomic mass is 10.3. The van der Waals surface area contributed by atoms with Gasteiger partial charge in [0.25, 0.3) is 0 Å². The van der Waals surface area contributed by atoms with Crippen LogP contribution in [0.5, 0.6) is 5.75 Å². The highest BCUT2D eigenvalue weighted by Gasteiger charge is 2.27. The Morgan fingerprint density at radius 1 is 1.23 bits per heavy atom. The number of halogens is 4. The van der Waals surface area contributed by atoms with Crippen molar-refractivity contribution in [2.45, 2.75) is 5.57 Å². The molecule has 0 radical (unpaired) electrons. The van der Waals surface area contributed by atoms with E-state index in [2.05, 4.69) is 16.3 Å². The molecule has 0 atom stereocenters. The van der Waals surface area contributed by atoms with Crippen molar-refractivity contribution in [1.29, 1.82) is 0 Å². The minimum atomic E-state index is -3.67. The molecule has 2 N–H and O–H groups in total. The minimum absolute atomic E-state index is 0. The Kier molecular flexibility index (Phi) is 4.23. The fraction of sp³-hybridized carbons (Fsp3) is 0.143. The highest BCUT2D eigenvalue weighted by molar-refractivity contribution is 6.20. The van der Waals surface area contributed by atoms with Crippen LogP contribution < -0.4 is 10.5 Å². The molecule has 0 amide bonds. The molecule has 0 saturated heterocycles. The predicted molar refractivity (Wildman–Crippen MR) is 49.5 cm³/mol. The van der Waals surface area contributed by atoms with Crippen molar-refractivity contribution in [2.24, 2.45) is 0 Å². The highest BCUT2D eigenvalue weighted by atomic mass is 35.5. The Balaban J connectivity index is 0.00000144. The van der Waals surface area contributed by atoms with E-state index in [0.29, 0.717) is 5.69 Å². The SMILES string of the molecule is Cl.Nc1ccc(OC(F)(F)Cl)cc1. The van der Waals surface area contributed by atoms with Gasteiger partial charge in [-0.25, -0.2) is 0 Å². The van der Waals surface area contributed by atoms with E-state index in [-0.39, 0.29) is 18.2 Å². The van der Waals surface area contributed by atoms with Gasteiger partial charge in [0.1, 0.15) is 5.75 Å². The van der Waals surface area contributed by atoms with Gasteiger partial charge in [0, 0.05) is 17.3 Å². The zero-order chi connectivity index (χ0) is 9.19. The summed E-state index contributed by atoms with van der Waals surface area (Å²) in [6, 6.07) is 5.51. The maximum absolute atomic E-state index is 12.0. The summed E-state index contributed by atoms with van der Waals surface area (Å²) in [5.74, 6) is -0.0239. The molecule has 0 spiro atoms. The Labute approximate surface area is 85.0 Å². The molecule has 6 heteroatoms. The molecule has 0 fully saturated rings. The first-order valence-electron chi connectivity index (χ1n) is 3.09. The van der Waals surface area contributed by atoms with Crippen LogP contribution in [0.4, 0.5) is 14.5 Å². The number of hydrogen-bond donors (Lipinski definition) is 1. The summed E-state index contributed by atoms with van der Waals surface area (Å²) in [7, 11) is 0. The van der Waals surface area contributed by atoms with Gasteiger partial charge >= 0.3 is 5.57 Å². The molecule has 0 saturated carbocycles. The topological polar surface area (TPSA) is 35.2 Å². The van der Waals surface area contributed by atoms with Crippen molar-refractivity contribution in [3.8, 4) is 5.75 Å². The molecule has 0 aliphatic heterocycles. The van der Waals surface area contributed by atoms with Crippen molar-refractivity contribution in [3.05, 3.63) is 24.3 Å². The molecule has 0 heterocycles. The lowest BCUT2D eigenvalue weighted by Crippen LogP contribution is -2.15. The Bertz CT molecular complexity index is 260. The molecular formula is C7H7Cl2F2NO. The Hall–Kier alpha value is -0.740. The fourth-order valence-electron chi connectivity index (χ4n) is 0.669. The maximum atomic E-state index is 12.0. The Morgan fingerprint density at radius 2 is 1.69 bits per heavy atom. The van der Waals surface area contributed by atoms with Crippen molar-refractivity contribution >= 4 is 29.7 Å². The number of hydrogen-bond acceptors (Lipinski definition) is 2. The van der Waals surface area contributed by atoms with Crippen LogP contribution in [-0.2, 0) is 0 Å². The van der Waals surface area contributed by atoms with Crippen molar-refractivity contribution in [3.63, 3.8) is 0 Å². The number of benzene rings is 1. The first-order valence-corrected chi connectivity index (χ1v) is 3.46. The van der Waals surface area contributed by atoms with E-state index in [4.69, 9.17) is 5.73 Å². The van der Waals surface area contributed by atoms with Gasteiger partial charge in [0.15, 0.2) is 0 Å². The summed E-state index contributed by atoms with van der Waals surface area (Å²) in [6.07, 6.45) is 0. The summed E-state index contributed by atoms with van der Waals surface area (Å²) in [4.78, 5) is 0. The van der Waals surface area contributed by atoms with Crippen LogP contribution in [0, 0.1) is 0 Å². The zero-order valence-electron chi connectivity index (χ0n) is 6.34. The third-order valence-corrected chi connectivity index (χ3v) is 1.19. The second-order valence-electron chi connectivity index (χ2n) is 2.12.